The van der Waals surface area contributed by atoms with Crippen molar-refractivity contribution >= 4 is 27.7 Å². The van der Waals surface area contributed by atoms with E-state index in [-0.39, 0.29) is 24.4 Å². The van der Waals surface area contributed by atoms with Crippen molar-refractivity contribution in [3.8, 4) is 0 Å². The molecule has 160 valence electrons. The number of benzene rings is 2. The fourth-order valence-corrected chi connectivity index (χ4v) is 3.91. The van der Waals surface area contributed by atoms with Crippen molar-refractivity contribution < 1.29 is 9.59 Å². The van der Waals surface area contributed by atoms with Crippen molar-refractivity contribution in [3.05, 3.63) is 94.2 Å². The number of carbonyl (C=O) groups excluding carboxylic acids is 2. The summed E-state index contributed by atoms with van der Waals surface area (Å²) in [5.74, 6) is -0.121. The van der Waals surface area contributed by atoms with E-state index < -0.39 is 0 Å². The van der Waals surface area contributed by atoms with Crippen LogP contribution in [0.1, 0.15) is 34.5 Å². The molecule has 4 rings (SSSR count). The summed E-state index contributed by atoms with van der Waals surface area (Å²) in [5, 5.41) is 0. The van der Waals surface area contributed by atoms with Crippen LogP contribution in [0.25, 0.3) is 0 Å². The topological polar surface area (TPSA) is 45.6 Å². The van der Waals surface area contributed by atoms with Gasteiger partial charge in [0.1, 0.15) is 6.54 Å². The van der Waals surface area contributed by atoms with Gasteiger partial charge in [-0.15, -0.1) is 0 Å². The third kappa shape index (κ3) is 5.44. The van der Waals surface area contributed by atoms with Crippen LogP contribution in [-0.2, 0) is 24.9 Å². The quantitative estimate of drug-likeness (QED) is 0.473. The first-order chi connectivity index (χ1) is 15.0. The molecule has 31 heavy (non-hydrogen) atoms. The van der Waals surface area contributed by atoms with Gasteiger partial charge >= 0.3 is 0 Å². The summed E-state index contributed by atoms with van der Waals surface area (Å²) >= 11 is 3.41. The molecule has 2 amide bonds. The Balaban J connectivity index is 1.53. The Bertz CT molecular complexity index is 1040. The lowest BCUT2D eigenvalue weighted by Gasteiger charge is -2.28. The van der Waals surface area contributed by atoms with Gasteiger partial charge in [-0.3, -0.25) is 9.59 Å². The number of aryl methyl sites for hydroxylation is 1. The Labute approximate surface area is 191 Å². The lowest BCUT2D eigenvalue weighted by molar-refractivity contribution is -0.133. The monoisotopic (exact) mass is 479 g/mol. The van der Waals surface area contributed by atoms with Gasteiger partial charge in [-0.25, -0.2) is 0 Å². The first kappa shape index (κ1) is 21.4. The fourth-order valence-electron chi connectivity index (χ4n) is 3.65. The number of rotatable bonds is 8. The SMILES string of the molecule is Cn1cccc1CN(Cc1ccccc1)C(=O)CN(C(=O)c1ccc(Br)cc1)C1CC1. The van der Waals surface area contributed by atoms with Crippen molar-refractivity contribution in [2.45, 2.75) is 32.0 Å². The minimum atomic E-state index is -0.0816. The predicted octanol–water partition coefficient (Wildman–Crippen LogP) is 4.62. The molecular formula is C25H26BrN3O2. The van der Waals surface area contributed by atoms with E-state index in [1.165, 1.54) is 0 Å². The van der Waals surface area contributed by atoms with Crippen LogP contribution in [0.4, 0.5) is 0 Å². The lowest BCUT2D eigenvalue weighted by atomic mass is 10.2. The maximum atomic E-state index is 13.4. The number of hydrogen-bond donors (Lipinski definition) is 0. The van der Waals surface area contributed by atoms with Crippen molar-refractivity contribution in [1.82, 2.24) is 14.4 Å². The molecule has 0 radical (unpaired) electrons. The van der Waals surface area contributed by atoms with Crippen LogP contribution in [-0.4, -0.2) is 38.8 Å². The number of carbonyl (C=O) groups is 2. The molecule has 1 heterocycles. The molecule has 1 fully saturated rings. The maximum Gasteiger partial charge on any atom is 0.254 e. The molecule has 3 aromatic rings. The van der Waals surface area contributed by atoms with Crippen LogP contribution in [0, 0.1) is 0 Å². The highest BCUT2D eigenvalue weighted by Crippen LogP contribution is 2.29. The molecule has 0 unspecified atom stereocenters. The highest BCUT2D eigenvalue weighted by atomic mass is 79.9. The third-order valence-corrected chi connectivity index (χ3v) is 6.15. The number of amides is 2. The smallest absolute Gasteiger partial charge is 0.254 e. The average molecular weight is 480 g/mol. The standard InChI is InChI=1S/C25H26BrN3O2/c1-27-15-5-8-23(27)17-28(16-19-6-3-2-4-7-19)24(30)18-29(22-13-14-22)25(31)20-9-11-21(26)12-10-20/h2-12,15,22H,13-14,16-18H2,1H3. The van der Waals surface area contributed by atoms with Gasteiger partial charge in [0.15, 0.2) is 0 Å². The summed E-state index contributed by atoms with van der Waals surface area (Å²) < 4.78 is 2.95. The molecule has 6 heteroatoms. The number of nitrogens with zero attached hydrogens (tertiary/aromatic N) is 3. The van der Waals surface area contributed by atoms with Gasteiger partial charge in [0.2, 0.25) is 5.91 Å². The highest BCUT2D eigenvalue weighted by molar-refractivity contribution is 9.10. The molecule has 0 spiro atoms. The van der Waals surface area contributed by atoms with Crippen LogP contribution < -0.4 is 0 Å². The van der Waals surface area contributed by atoms with E-state index in [1.54, 1.807) is 17.0 Å². The molecule has 0 N–H and O–H groups in total. The Morgan fingerprint density at radius 3 is 2.29 bits per heavy atom. The van der Waals surface area contributed by atoms with E-state index in [2.05, 4.69) is 15.9 Å². The number of aromatic nitrogens is 1. The zero-order chi connectivity index (χ0) is 21.8. The Morgan fingerprint density at radius 2 is 1.68 bits per heavy atom. The Kier molecular flexibility index (Phi) is 6.56. The molecule has 1 aromatic heterocycles. The van der Waals surface area contributed by atoms with E-state index in [0.717, 1.165) is 28.6 Å². The van der Waals surface area contributed by atoms with Gasteiger partial charge < -0.3 is 14.4 Å². The first-order valence-corrected chi connectivity index (χ1v) is 11.3. The highest BCUT2D eigenvalue weighted by Gasteiger charge is 2.35. The molecule has 1 aliphatic rings. The van der Waals surface area contributed by atoms with Gasteiger partial charge in [-0.05, 0) is 54.8 Å². The zero-order valence-electron chi connectivity index (χ0n) is 17.6. The molecule has 1 aliphatic carbocycles. The first-order valence-electron chi connectivity index (χ1n) is 10.5. The molecule has 0 aliphatic heterocycles. The molecule has 1 saturated carbocycles. The van der Waals surface area contributed by atoms with Crippen LogP contribution in [0.3, 0.4) is 0 Å². The van der Waals surface area contributed by atoms with Gasteiger partial charge in [-0.2, -0.15) is 0 Å². The third-order valence-electron chi connectivity index (χ3n) is 5.62. The van der Waals surface area contributed by atoms with E-state index in [0.29, 0.717) is 18.7 Å². The van der Waals surface area contributed by atoms with E-state index in [9.17, 15) is 9.59 Å². The fraction of sp³-hybridized carbons (Fsp3) is 0.280. The van der Waals surface area contributed by atoms with Crippen LogP contribution in [0.5, 0.6) is 0 Å². The van der Waals surface area contributed by atoms with Gasteiger partial charge in [-0.1, -0.05) is 46.3 Å². The second-order valence-electron chi connectivity index (χ2n) is 8.02. The van der Waals surface area contributed by atoms with E-state index in [4.69, 9.17) is 0 Å². The zero-order valence-corrected chi connectivity index (χ0v) is 19.2. The van der Waals surface area contributed by atoms with E-state index in [1.807, 2.05) is 77.3 Å². The summed E-state index contributed by atoms with van der Waals surface area (Å²) in [6.45, 7) is 1.11. The van der Waals surface area contributed by atoms with Crippen LogP contribution in [0.2, 0.25) is 0 Å². The summed E-state index contributed by atoms with van der Waals surface area (Å²) in [7, 11) is 1.98. The molecule has 0 atom stereocenters. The molecule has 0 bridgehead atoms. The van der Waals surface area contributed by atoms with Crippen molar-refractivity contribution in [2.75, 3.05) is 6.54 Å². The number of halogens is 1. The largest absolute Gasteiger partial charge is 0.353 e. The van der Waals surface area contributed by atoms with Gasteiger partial charge in [0, 0.05) is 41.6 Å². The van der Waals surface area contributed by atoms with Crippen molar-refractivity contribution in [3.63, 3.8) is 0 Å². The summed E-state index contributed by atoms with van der Waals surface area (Å²) in [5.41, 5.74) is 2.74. The average Bonchev–Trinajstić information content (AvgIpc) is 3.54. The van der Waals surface area contributed by atoms with Crippen molar-refractivity contribution in [2.24, 2.45) is 7.05 Å². The second kappa shape index (κ2) is 9.52. The normalized spacial score (nSPS) is 13.1. The van der Waals surface area contributed by atoms with Gasteiger partial charge in [0.05, 0.1) is 6.54 Å². The Hall–Kier alpha value is -2.86. The van der Waals surface area contributed by atoms with Crippen LogP contribution >= 0.6 is 15.9 Å². The minimum Gasteiger partial charge on any atom is -0.353 e. The summed E-state index contributed by atoms with van der Waals surface area (Å²) in [6.07, 6.45) is 3.88. The van der Waals surface area contributed by atoms with E-state index >= 15 is 0 Å². The maximum absolute atomic E-state index is 13.4. The minimum absolute atomic E-state index is 0.0394. The Morgan fingerprint density at radius 1 is 0.968 bits per heavy atom. The number of hydrogen-bond acceptors (Lipinski definition) is 2. The van der Waals surface area contributed by atoms with Gasteiger partial charge in [0.25, 0.3) is 5.91 Å². The molecular weight excluding hydrogens is 454 g/mol. The predicted molar refractivity (Wildman–Crippen MR) is 124 cm³/mol. The summed E-state index contributed by atoms with van der Waals surface area (Å²) in [4.78, 5) is 30.2. The van der Waals surface area contributed by atoms with Crippen LogP contribution in [0.15, 0.2) is 77.4 Å². The molecule has 0 saturated heterocycles. The summed E-state index contributed by atoms with van der Waals surface area (Å²) in [6, 6.07) is 21.5. The second-order valence-corrected chi connectivity index (χ2v) is 8.93. The van der Waals surface area contributed by atoms with Crippen molar-refractivity contribution in [1.29, 1.82) is 0 Å². The molecule has 2 aromatic carbocycles. The lowest BCUT2D eigenvalue weighted by Crippen LogP contribution is -2.43. The molecule has 5 nitrogen and oxygen atoms in total.